The molecule has 0 aliphatic carbocycles. The van der Waals surface area contributed by atoms with E-state index in [0.29, 0.717) is 18.4 Å². The second-order valence-electron chi connectivity index (χ2n) is 9.00. The van der Waals surface area contributed by atoms with Crippen molar-refractivity contribution in [2.24, 2.45) is 5.92 Å². The number of H-pyrrole nitrogens is 1. The molecular weight excluding hydrogens is 410 g/mol. The zero-order chi connectivity index (χ0) is 24.1. The molecule has 3 heterocycles. The molecule has 0 radical (unpaired) electrons. The largest absolute Gasteiger partial charge is 0.465 e. The quantitative estimate of drug-likeness (QED) is 0.514. The number of likely N-dealkylation sites (tertiary alicyclic amines) is 1. The highest BCUT2D eigenvalue weighted by atomic mass is 16.5. The Morgan fingerprint density at radius 3 is 2.33 bits per heavy atom. The maximum Gasteiger partial charge on any atom is 0.323 e. The van der Waals surface area contributed by atoms with E-state index in [-0.39, 0.29) is 12.0 Å². The molecule has 1 aromatic heterocycles. The lowest BCUT2D eigenvalue weighted by Gasteiger charge is -2.38. The molecule has 0 bridgehead atoms. The Hall–Kier alpha value is -1.85. The van der Waals surface area contributed by atoms with Crippen LogP contribution in [0.4, 0.5) is 0 Å². The monoisotopic (exact) mass is 457 g/mol. The summed E-state index contributed by atoms with van der Waals surface area (Å²) in [6.45, 7) is 14.7. The van der Waals surface area contributed by atoms with Gasteiger partial charge in [-0.15, -0.1) is 0 Å². The number of hydrogen-bond acceptors (Lipinski definition) is 4. The van der Waals surface area contributed by atoms with Crippen molar-refractivity contribution in [3.8, 4) is 0 Å². The smallest absolute Gasteiger partial charge is 0.323 e. The Balaban J connectivity index is 0.000000714. The third kappa shape index (κ3) is 7.86. The van der Waals surface area contributed by atoms with Gasteiger partial charge in [-0.25, -0.2) is 0 Å². The van der Waals surface area contributed by atoms with E-state index in [1.807, 2.05) is 20.8 Å². The summed E-state index contributed by atoms with van der Waals surface area (Å²) in [4.78, 5) is 18.5. The summed E-state index contributed by atoms with van der Waals surface area (Å²) in [5.74, 6) is 1.17. The predicted octanol–water partition coefficient (Wildman–Crippen LogP) is 6.11. The van der Waals surface area contributed by atoms with Gasteiger partial charge in [-0.1, -0.05) is 52.3 Å². The number of hydrogen-bond donors (Lipinski definition) is 2. The average Bonchev–Trinajstić information content (AvgIpc) is 3.29. The first kappa shape index (κ1) is 27.4. The van der Waals surface area contributed by atoms with Crippen molar-refractivity contribution >= 4 is 16.9 Å². The van der Waals surface area contributed by atoms with Gasteiger partial charge in [-0.05, 0) is 88.7 Å². The van der Waals surface area contributed by atoms with Crippen LogP contribution in [0.3, 0.4) is 0 Å². The molecule has 2 aromatic rings. The number of rotatable bonds is 6. The number of piperidine rings is 2. The summed E-state index contributed by atoms with van der Waals surface area (Å²) in [5, 5.41) is 4.77. The maximum absolute atomic E-state index is 12.7. The van der Waals surface area contributed by atoms with E-state index in [4.69, 9.17) is 4.74 Å². The second kappa shape index (κ2) is 15.1. The van der Waals surface area contributed by atoms with Gasteiger partial charge in [0.25, 0.3) is 0 Å². The van der Waals surface area contributed by atoms with Crippen LogP contribution in [-0.2, 0) is 9.53 Å². The number of benzene rings is 1. The van der Waals surface area contributed by atoms with Gasteiger partial charge < -0.3 is 15.0 Å². The predicted molar refractivity (Wildman–Crippen MR) is 140 cm³/mol. The second-order valence-corrected chi connectivity index (χ2v) is 9.00. The van der Waals surface area contributed by atoms with Crippen LogP contribution in [0.5, 0.6) is 0 Å². The Morgan fingerprint density at radius 2 is 1.70 bits per heavy atom. The lowest BCUT2D eigenvalue weighted by Crippen LogP contribution is -2.47. The highest BCUT2D eigenvalue weighted by molar-refractivity contribution is 5.83. The zero-order valence-corrected chi connectivity index (χ0v) is 21.7. The maximum atomic E-state index is 12.7. The molecule has 1 atom stereocenters. The van der Waals surface area contributed by atoms with E-state index in [9.17, 15) is 4.79 Å². The fourth-order valence-electron chi connectivity index (χ4n) is 5.02. The van der Waals surface area contributed by atoms with Crippen molar-refractivity contribution < 1.29 is 9.53 Å². The molecule has 33 heavy (non-hydrogen) atoms. The molecule has 4 rings (SSSR count). The highest BCUT2D eigenvalue weighted by Gasteiger charge is 2.33. The van der Waals surface area contributed by atoms with Gasteiger partial charge in [0.1, 0.15) is 6.04 Å². The first-order chi connectivity index (χ1) is 16.2. The molecule has 0 saturated carbocycles. The summed E-state index contributed by atoms with van der Waals surface area (Å²) in [5.41, 5.74) is 2.65. The van der Waals surface area contributed by atoms with E-state index < -0.39 is 0 Å². The van der Waals surface area contributed by atoms with Crippen molar-refractivity contribution in [1.29, 1.82) is 0 Å². The molecule has 2 fully saturated rings. The van der Waals surface area contributed by atoms with Crippen LogP contribution in [0.25, 0.3) is 10.9 Å². The number of carbonyl (C=O) groups is 1. The molecule has 2 aliphatic heterocycles. The van der Waals surface area contributed by atoms with Gasteiger partial charge in [0, 0.05) is 17.1 Å². The third-order valence-corrected chi connectivity index (χ3v) is 6.61. The minimum absolute atomic E-state index is 0.0217. The first-order valence-corrected chi connectivity index (χ1v) is 13.3. The van der Waals surface area contributed by atoms with Crippen molar-refractivity contribution in [2.45, 2.75) is 85.1 Å². The van der Waals surface area contributed by atoms with Gasteiger partial charge in [0.05, 0.1) is 6.61 Å². The van der Waals surface area contributed by atoms with Gasteiger partial charge >= 0.3 is 5.97 Å². The van der Waals surface area contributed by atoms with E-state index >= 15 is 0 Å². The van der Waals surface area contributed by atoms with Crippen LogP contribution >= 0.6 is 0 Å². The lowest BCUT2D eigenvalue weighted by molar-refractivity contribution is -0.151. The van der Waals surface area contributed by atoms with Gasteiger partial charge in [0.2, 0.25) is 0 Å². The molecule has 2 N–H and O–H groups in total. The number of nitrogens with zero attached hydrogens (tertiary/aromatic N) is 1. The van der Waals surface area contributed by atoms with Crippen molar-refractivity contribution in [1.82, 2.24) is 15.2 Å². The lowest BCUT2D eigenvalue weighted by atomic mass is 9.86. The number of aromatic nitrogens is 1. The van der Waals surface area contributed by atoms with E-state index in [0.717, 1.165) is 45.4 Å². The normalized spacial score (nSPS) is 18.6. The first-order valence-electron chi connectivity index (χ1n) is 13.3. The Labute approximate surface area is 201 Å². The minimum atomic E-state index is -0.0769. The van der Waals surface area contributed by atoms with Crippen LogP contribution < -0.4 is 5.32 Å². The molecule has 1 unspecified atom stereocenters. The molecule has 0 spiro atoms. The summed E-state index contributed by atoms with van der Waals surface area (Å²) in [7, 11) is 0. The molecule has 1 aromatic carbocycles. The molecule has 2 saturated heterocycles. The highest BCUT2D eigenvalue weighted by Crippen LogP contribution is 2.34. The number of ether oxygens (including phenoxy) is 1. The van der Waals surface area contributed by atoms with Gasteiger partial charge in [-0.2, -0.15) is 0 Å². The van der Waals surface area contributed by atoms with Crippen molar-refractivity contribution in [3.63, 3.8) is 0 Å². The number of aromatic amines is 1. The van der Waals surface area contributed by atoms with E-state index in [1.54, 1.807) is 0 Å². The Kier molecular flexibility index (Phi) is 12.6. The van der Waals surface area contributed by atoms with Crippen LogP contribution in [0, 0.1) is 5.92 Å². The number of nitrogens with one attached hydrogen (secondary N) is 2. The van der Waals surface area contributed by atoms with Crippen molar-refractivity contribution in [2.75, 3.05) is 32.8 Å². The van der Waals surface area contributed by atoms with Crippen LogP contribution in [0.2, 0.25) is 0 Å². The molecule has 5 heteroatoms. The molecule has 0 amide bonds. The molecule has 5 nitrogen and oxygen atoms in total. The fraction of sp³-hybridized carbons (Fsp3) is 0.679. The van der Waals surface area contributed by atoms with Crippen LogP contribution in [0.15, 0.2) is 30.5 Å². The third-order valence-electron chi connectivity index (χ3n) is 6.61. The average molecular weight is 458 g/mol. The SMILES string of the molecule is CC.CCC.CCOC(=O)C(CC1CCNCC1)N1CCC(c2c[nH]c3ccccc23)CC1. The Bertz CT molecular complexity index is 789. The topological polar surface area (TPSA) is 57.4 Å². The number of fused-ring (bicyclic) bond motifs is 1. The molecule has 186 valence electrons. The number of carbonyl (C=O) groups excluding carboxylic acids is 1. The minimum Gasteiger partial charge on any atom is -0.465 e. The fourth-order valence-corrected chi connectivity index (χ4v) is 5.02. The summed E-state index contributed by atoms with van der Waals surface area (Å²) < 4.78 is 5.45. The Morgan fingerprint density at radius 1 is 1.06 bits per heavy atom. The van der Waals surface area contributed by atoms with Crippen molar-refractivity contribution in [3.05, 3.63) is 36.0 Å². The zero-order valence-electron chi connectivity index (χ0n) is 21.7. The summed E-state index contributed by atoms with van der Waals surface area (Å²) >= 11 is 0. The van der Waals surface area contributed by atoms with E-state index in [1.165, 1.54) is 35.7 Å². The van der Waals surface area contributed by atoms with E-state index in [2.05, 4.69) is 59.5 Å². The molecular formula is C28H47N3O2. The number of esters is 1. The molecule has 2 aliphatic rings. The van der Waals surface area contributed by atoms with Gasteiger partial charge in [0.15, 0.2) is 0 Å². The van der Waals surface area contributed by atoms with Crippen LogP contribution in [-0.4, -0.2) is 54.7 Å². The standard InChI is InChI=1S/C23H33N3O2.C3H8.C2H6/c1-2-28-23(27)22(15-17-7-11-24-12-8-17)26-13-9-18(10-14-26)20-16-25-21-6-4-3-5-19(20)21;1-3-2;1-2/h3-6,16-18,22,24-25H,2,7-15H2,1H3;3H2,1-2H3;1-2H3. The summed E-state index contributed by atoms with van der Waals surface area (Å²) in [6.07, 6.45) is 8.92. The van der Waals surface area contributed by atoms with Crippen LogP contribution in [0.1, 0.15) is 84.6 Å². The summed E-state index contributed by atoms with van der Waals surface area (Å²) in [6, 6.07) is 8.48. The van der Waals surface area contributed by atoms with Gasteiger partial charge in [-0.3, -0.25) is 9.69 Å². The number of para-hydroxylation sites is 1.